The summed E-state index contributed by atoms with van der Waals surface area (Å²) in [6.07, 6.45) is 0. The molecule has 0 bridgehead atoms. The van der Waals surface area contributed by atoms with Gasteiger partial charge in [-0.05, 0) is 32.4 Å². The molecule has 2 aromatic rings. The summed E-state index contributed by atoms with van der Waals surface area (Å²) in [6.45, 7) is 6.25. The van der Waals surface area contributed by atoms with E-state index < -0.39 is 0 Å². The van der Waals surface area contributed by atoms with Crippen LogP contribution in [0.1, 0.15) is 42.6 Å². The molecule has 100 valence electrons. The minimum absolute atomic E-state index is 0.107. The molecule has 19 heavy (non-hydrogen) atoms. The lowest BCUT2D eigenvalue weighted by molar-refractivity contribution is 0.438. The molecule has 0 saturated heterocycles. The van der Waals surface area contributed by atoms with Gasteiger partial charge in [-0.3, -0.25) is 0 Å². The van der Waals surface area contributed by atoms with Crippen LogP contribution in [0.2, 0.25) is 0 Å². The Morgan fingerprint density at radius 1 is 0.947 bits per heavy atom. The van der Waals surface area contributed by atoms with Crippen LogP contribution < -0.4 is 5.32 Å². The van der Waals surface area contributed by atoms with Gasteiger partial charge in [-0.2, -0.15) is 0 Å². The van der Waals surface area contributed by atoms with E-state index in [2.05, 4.69) is 31.3 Å². The second-order valence-corrected chi connectivity index (χ2v) is 5.08. The fraction of sp³-hybridized carbons (Fsp3) is 0.294. The zero-order valence-corrected chi connectivity index (χ0v) is 11.7. The number of phenols is 1. The number of hydrogen-bond acceptors (Lipinski definition) is 2. The fourth-order valence-electron chi connectivity index (χ4n) is 2.32. The van der Waals surface area contributed by atoms with Gasteiger partial charge < -0.3 is 10.4 Å². The molecule has 2 N–H and O–H groups in total. The zero-order valence-electron chi connectivity index (χ0n) is 11.7. The zero-order chi connectivity index (χ0) is 13.8. The van der Waals surface area contributed by atoms with Crippen LogP contribution in [-0.2, 0) is 0 Å². The summed E-state index contributed by atoms with van der Waals surface area (Å²) in [5.74, 6) is 0.353. The van der Waals surface area contributed by atoms with Crippen molar-refractivity contribution in [1.29, 1.82) is 0 Å². The van der Waals surface area contributed by atoms with Crippen molar-refractivity contribution in [2.45, 2.75) is 32.9 Å². The Hall–Kier alpha value is -1.80. The molecule has 2 heteroatoms. The topological polar surface area (TPSA) is 32.3 Å². The van der Waals surface area contributed by atoms with Crippen LogP contribution in [-0.4, -0.2) is 5.11 Å². The van der Waals surface area contributed by atoms with Crippen LogP contribution in [0.3, 0.4) is 0 Å². The van der Waals surface area contributed by atoms with Gasteiger partial charge in [0.2, 0.25) is 0 Å². The molecule has 2 nitrogen and oxygen atoms in total. The Labute approximate surface area is 115 Å². The molecule has 2 atom stereocenters. The van der Waals surface area contributed by atoms with E-state index in [9.17, 15) is 5.11 Å². The summed E-state index contributed by atoms with van der Waals surface area (Å²) >= 11 is 0. The van der Waals surface area contributed by atoms with E-state index in [1.807, 2.05) is 37.3 Å². The lowest BCUT2D eigenvalue weighted by Gasteiger charge is -2.21. The van der Waals surface area contributed by atoms with E-state index >= 15 is 0 Å². The van der Waals surface area contributed by atoms with Crippen LogP contribution in [0.25, 0.3) is 0 Å². The summed E-state index contributed by atoms with van der Waals surface area (Å²) in [4.78, 5) is 0. The molecule has 0 aromatic heterocycles. The first-order valence-electron chi connectivity index (χ1n) is 6.68. The average molecular weight is 255 g/mol. The van der Waals surface area contributed by atoms with Crippen molar-refractivity contribution in [3.05, 3.63) is 65.2 Å². The molecular weight excluding hydrogens is 234 g/mol. The van der Waals surface area contributed by atoms with Crippen molar-refractivity contribution >= 4 is 0 Å². The molecule has 0 amide bonds. The molecule has 0 spiro atoms. The van der Waals surface area contributed by atoms with Gasteiger partial charge in [-0.15, -0.1) is 0 Å². The van der Waals surface area contributed by atoms with Gasteiger partial charge in [-0.25, -0.2) is 0 Å². The molecule has 0 saturated carbocycles. The van der Waals surface area contributed by atoms with E-state index in [-0.39, 0.29) is 12.1 Å². The number of aryl methyl sites for hydroxylation is 1. The van der Waals surface area contributed by atoms with Gasteiger partial charge in [0.15, 0.2) is 0 Å². The number of nitrogens with one attached hydrogen (secondary N) is 1. The lowest BCUT2D eigenvalue weighted by Crippen LogP contribution is -2.22. The Balaban J connectivity index is 2.13. The highest BCUT2D eigenvalue weighted by Crippen LogP contribution is 2.27. The standard InChI is InChI=1S/C17H21NO/c1-12-9-10-17(19)16(11-12)14(3)18-13(2)15-7-5-4-6-8-15/h4-11,13-14,18-19H,1-3H3/t13-,14?/m0/s1. The monoisotopic (exact) mass is 255 g/mol. The van der Waals surface area contributed by atoms with Crippen molar-refractivity contribution in [2.75, 3.05) is 0 Å². The van der Waals surface area contributed by atoms with Crippen molar-refractivity contribution in [2.24, 2.45) is 0 Å². The van der Waals surface area contributed by atoms with E-state index in [0.29, 0.717) is 5.75 Å². The Bertz CT molecular complexity index is 536. The third-order valence-corrected chi connectivity index (χ3v) is 3.45. The number of phenolic OH excluding ortho intramolecular Hbond substituents is 1. The number of rotatable bonds is 4. The molecule has 0 fully saturated rings. The predicted molar refractivity (Wildman–Crippen MR) is 79.3 cm³/mol. The van der Waals surface area contributed by atoms with Crippen LogP contribution in [0.15, 0.2) is 48.5 Å². The van der Waals surface area contributed by atoms with Crippen LogP contribution >= 0.6 is 0 Å². The average Bonchev–Trinajstić information content (AvgIpc) is 2.42. The Morgan fingerprint density at radius 3 is 2.32 bits per heavy atom. The van der Waals surface area contributed by atoms with Gasteiger partial charge in [-0.1, -0.05) is 48.0 Å². The SMILES string of the molecule is Cc1ccc(O)c(C(C)N[C@@H](C)c2ccccc2)c1. The summed E-state index contributed by atoms with van der Waals surface area (Å²) < 4.78 is 0. The number of aromatic hydroxyl groups is 1. The Morgan fingerprint density at radius 2 is 1.63 bits per heavy atom. The second-order valence-electron chi connectivity index (χ2n) is 5.08. The molecule has 0 aliphatic heterocycles. The van der Waals surface area contributed by atoms with Gasteiger partial charge in [0.1, 0.15) is 5.75 Å². The Kier molecular flexibility index (Phi) is 4.23. The third kappa shape index (κ3) is 3.36. The molecule has 0 radical (unpaired) electrons. The summed E-state index contributed by atoms with van der Waals surface area (Å²) in [5, 5.41) is 13.5. The first-order chi connectivity index (χ1) is 9.08. The first kappa shape index (κ1) is 13.6. The number of hydrogen-bond donors (Lipinski definition) is 2. The quantitative estimate of drug-likeness (QED) is 0.861. The van der Waals surface area contributed by atoms with Crippen LogP contribution in [0.5, 0.6) is 5.75 Å². The number of benzene rings is 2. The molecule has 0 aliphatic rings. The predicted octanol–water partition coefficient (Wildman–Crippen LogP) is 4.11. The highest BCUT2D eigenvalue weighted by molar-refractivity contribution is 5.38. The maximum atomic E-state index is 9.95. The minimum Gasteiger partial charge on any atom is -0.508 e. The molecule has 2 rings (SSSR count). The highest BCUT2D eigenvalue weighted by Gasteiger charge is 2.14. The van der Waals surface area contributed by atoms with E-state index in [0.717, 1.165) is 11.1 Å². The van der Waals surface area contributed by atoms with Crippen LogP contribution in [0, 0.1) is 6.92 Å². The molecule has 0 heterocycles. The van der Waals surface area contributed by atoms with Gasteiger partial charge in [0.25, 0.3) is 0 Å². The molecule has 0 aliphatic carbocycles. The fourth-order valence-corrected chi connectivity index (χ4v) is 2.32. The lowest BCUT2D eigenvalue weighted by atomic mass is 10.0. The maximum Gasteiger partial charge on any atom is 0.120 e. The highest BCUT2D eigenvalue weighted by atomic mass is 16.3. The van der Waals surface area contributed by atoms with Crippen molar-refractivity contribution in [3.63, 3.8) is 0 Å². The van der Waals surface area contributed by atoms with Gasteiger partial charge in [0.05, 0.1) is 0 Å². The van der Waals surface area contributed by atoms with E-state index in [1.54, 1.807) is 6.07 Å². The van der Waals surface area contributed by atoms with Gasteiger partial charge in [0, 0.05) is 17.6 Å². The smallest absolute Gasteiger partial charge is 0.120 e. The molecule has 2 aromatic carbocycles. The third-order valence-electron chi connectivity index (χ3n) is 3.45. The largest absolute Gasteiger partial charge is 0.508 e. The summed E-state index contributed by atoms with van der Waals surface area (Å²) in [7, 11) is 0. The van der Waals surface area contributed by atoms with Gasteiger partial charge >= 0.3 is 0 Å². The normalized spacial score (nSPS) is 14.1. The van der Waals surface area contributed by atoms with Crippen LogP contribution in [0.4, 0.5) is 0 Å². The molecular formula is C17H21NO. The summed E-state index contributed by atoms with van der Waals surface area (Å²) in [5.41, 5.74) is 3.36. The minimum atomic E-state index is 0.107. The van der Waals surface area contributed by atoms with Crippen molar-refractivity contribution in [1.82, 2.24) is 5.32 Å². The first-order valence-corrected chi connectivity index (χ1v) is 6.68. The summed E-state index contributed by atoms with van der Waals surface area (Å²) in [6, 6.07) is 16.4. The van der Waals surface area contributed by atoms with E-state index in [4.69, 9.17) is 0 Å². The van der Waals surface area contributed by atoms with Crippen molar-refractivity contribution < 1.29 is 5.11 Å². The van der Waals surface area contributed by atoms with E-state index in [1.165, 1.54) is 5.56 Å². The maximum absolute atomic E-state index is 9.95. The second kappa shape index (κ2) is 5.89. The molecule has 1 unspecified atom stereocenters. The van der Waals surface area contributed by atoms with Crippen molar-refractivity contribution in [3.8, 4) is 5.75 Å².